The van der Waals surface area contributed by atoms with Crippen molar-refractivity contribution in [2.24, 2.45) is 22.7 Å². The normalized spacial score (nSPS) is 28.3. The van der Waals surface area contributed by atoms with Crippen molar-refractivity contribution in [3.63, 3.8) is 0 Å². The molecule has 2 saturated carbocycles. The smallest absolute Gasteiger partial charge is 0.410 e. The zero-order valence-electron chi connectivity index (χ0n) is 37.3. The number of carbonyl (C=O) groups excluding carboxylic acids is 2. The van der Waals surface area contributed by atoms with Gasteiger partial charge in [0.25, 0.3) is 0 Å². The summed E-state index contributed by atoms with van der Waals surface area (Å²) in [4.78, 5) is 36.5. The minimum atomic E-state index is -0.429. The maximum absolute atomic E-state index is 12.3. The number of piperidine rings is 4. The Labute approximate surface area is 351 Å². The molecule has 6 rings (SSSR count). The molecule has 0 unspecified atom stereocenters. The molecule has 0 radical (unpaired) electrons. The van der Waals surface area contributed by atoms with Crippen LogP contribution in [0.1, 0.15) is 144 Å². The number of ether oxygens (including phenoxy) is 2. The standard InChI is InChI=1S/C22H40N6O2.C22H42N4O2/c1-22(2,3)30-21(29)28-14-10-19(11-15-28)27-12-8-18(9-13-27)25-20-7-5-4-6-17(20)16-24-26-23;1-22(2,3)28-21(27)26-14-10-19(11-15-26)25-12-8-18(9-13-25)24-20-7-5-4-6-17(20)16-23/h17-20,25H,4-16H2,1-3H3;17-20,24H,4-16,23H2,1-3H3/t2*17-,20+/m11/s1. The van der Waals surface area contributed by atoms with Gasteiger partial charge in [0.2, 0.25) is 0 Å². The largest absolute Gasteiger partial charge is 0.444 e. The summed E-state index contributed by atoms with van der Waals surface area (Å²) in [6.07, 6.45) is 18.9. The van der Waals surface area contributed by atoms with Crippen LogP contribution in [-0.4, -0.2) is 145 Å². The van der Waals surface area contributed by atoms with Crippen molar-refractivity contribution >= 4 is 12.2 Å². The lowest BCUT2D eigenvalue weighted by molar-refractivity contribution is 0.0112. The van der Waals surface area contributed by atoms with Gasteiger partial charge in [0.05, 0.1) is 0 Å². The van der Waals surface area contributed by atoms with Gasteiger partial charge in [-0.3, -0.25) is 0 Å². The topological polar surface area (TPSA) is 164 Å². The second-order valence-electron chi connectivity index (χ2n) is 20.3. The van der Waals surface area contributed by atoms with Crippen LogP contribution in [0.4, 0.5) is 9.59 Å². The van der Waals surface area contributed by atoms with E-state index in [2.05, 4.69) is 30.5 Å². The lowest BCUT2D eigenvalue weighted by Gasteiger charge is -2.43. The molecule has 0 aromatic heterocycles. The molecular formula is C44H82N10O4. The second kappa shape index (κ2) is 22.5. The number of nitrogens with one attached hydrogen (secondary N) is 2. The van der Waals surface area contributed by atoms with Crippen molar-refractivity contribution in [1.82, 2.24) is 30.2 Å². The van der Waals surface area contributed by atoms with Crippen molar-refractivity contribution < 1.29 is 19.1 Å². The Morgan fingerprint density at radius 2 is 0.983 bits per heavy atom. The van der Waals surface area contributed by atoms with Gasteiger partial charge in [-0.15, -0.1) is 0 Å². The number of amides is 2. The number of likely N-dealkylation sites (tertiary alicyclic amines) is 4. The summed E-state index contributed by atoms with van der Waals surface area (Å²) in [6.45, 7) is 20.8. The van der Waals surface area contributed by atoms with Crippen LogP contribution in [0.5, 0.6) is 0 Å². The highest BCUT2D eigenvalue weighted by Crippen LogP contribution is 2.29. The maximum atomic E-state index is 12.3. The molecule has 58 heavy (non-hydrogen) atoms. The molecule has 4 aliphatic heterocycles. The highest BCUT2D eigenvalue weighted by Gasteiger charge is 2.35. The van der Waals surface area contributed by atoms with Gasteiger partial charge < -0.3 is 45.4 Å². The van der Waals surface area contributed by atoms with Gasteiger partial charge >= 0.3 is 12.2 Å². The fourth-order valence-electron chi connectivity index (χ4n) is 10.4. The van der Waals surface area contributed by atoms with Gasteiger partial charge in [0.15, 0.2) is 0 Å². The summed E-state index contributed by atoms with van der Waals surface area (Å²) >= 11 is 0. The third-order valence-electron chi connectivity index (χ3n) is 13.7. The molecule has 332 valence electrons. The average molecular weight is 815 g/mol. The van der Waals surface area contributed by atoms with E-state index in [1.54, 1.807) is 0 Å². The second-order valence-corrected chi connectivity index (χ2v) is 20.3. The van der Waals surface area contributed by atoms with Crippen LogP contribution in [0, 0.1) is 11.8 Å². The average Bonchev–Trinajstić information content (AvgIpc) is 3.20. The van der Waals surface area contributed by atoms with E-state index in [0.717, 1.165) is 71.5 Å². The number of nitrogens with two attached hydrogens (primary N) is 1. The molecule has 14 nitrogen and oxygen atoms in total. The van der Waals surface area contributed by atoms with E-state index in [1.165, 1.54) is 90.1 Å². The van der Waals surface area contributed by atoms with Crippen molar-refractivity contribution in [1.29, 1.82) is 0 Å². The zero-order valence-corrected chi connectivity index (χ0v) is 37.3. The van der Waals surface area contributed by atoms with Crippen LogP contribution < -0.4 is 16.4 Å². The van der Waals surface area contributed by atoms with E-state index in [4.69, 9.17) is 20.7 Å². The first kappa shape index (κ1) is 46.7. The molecule has 0 bridgehead atoms. The summed E-state index contributed by atoms with van der Waals surface area (Å²) in [7, 11) is 0. The van der Waals surface area contributed by atoms with E-state index in [-0.39, 0.29) is 12.2 Å². The first-order valence-electron chi connectivity index (χ1n) is 23.4. The monoisotopic (exact) mass is 815 g/mol. The summed E-state index contributed by atoms with van der Waals surface area (Å²) < 4.78 is 11.0. The molecule has 4 N–H and O–H groups in total. The number of azide groups is 1. The number of hydrogen-bond donors (Lipinski definition) is 3. The molecule has 0 aromatic carbocycles. The highest BCUT2D eigenvalue weighted by molar-refractivity contribution is 5.68. The van der Waals surface area contributed by atoms with E-state index < -0.39 is 11.2 Å². The summed E-state index contributed by atoms with van der Waals surface area (Å²) in [5.41, 5.74) is 13.8. The van der Waals surface area contributed by atoms with Gasteiger partial charge in [-0.2, -0.15) is 0 Å². The van der Waals surface area contributed by atoms with Crippen LogP contribution in [0.2, 0.25) is 0 Å². The lowest BCUT2D eigenvalue weighted by atomic mass is 9.83. The first-order chi connectivity index (χ1) is 27.7. The van der Waals surface area contributed by atoms with Crippen molar-refractivity contribution in [3.05, 3.63) is 10.4 Å². The lowest BCUT2D eigenvalue weighted by Crippen LogP contribution is -2.54. The zero-order chi connectivity index (χ0) is 41.7. The van der Waals surface area contributed by atoms with E-state index in [0.29, 0.717) is 54.6 Å². The summed E-state index contributed by atoms with van der Waals surface area (Å²) in [5, 5.41) is 11.7. The predicted octanol–water partition coefficient (Wildman–Crippen LogP) is 7.27. The number of nitrogens with zero attached hydrogens (tertiary/aromatic N) is 7. The van der Waals surface area contributed by atoms with Gasteiger partial charge in [-0.05, 0) is 169 Å². The SMILES string of the molecule is CC(C)(C)OC(=O)N1CCC(N2CCC(N[C@H]3CCCC[C@@H]3CN)CC2)CC1.CC(C)(C)OC(=O)N1CCC(N2CCC(N[C@H]3CCCC[C@@H]3CN=[N+]=[N-])CC2)CC1. The Bertz CT molecular complexity index is 1290. The fraction of sp³-hybridized carbons (Fsp3) is 0.955. The van der Waals surface area contributed by atoms with Crippen molar-refractivity contribution in [2.75, 3.05) is 65.4 Å². The first-order valence-corrected chi connectivity index (χ1v) is 23.4. The Hall–Kier alpha value is -2.35. The summed E-state index contributed by atoms with van der Waals surface area (Å²) in [5.74, 6) is 1.16. The van der Waals surface area contributed by atoms with E-state index in [9.17, 15) is 9.59 Å². The minimum absolute atomic E-state index is 0.157. The molecule has 4 saturated heterocycles. The summed E-state index contributed by atoms with van der Waals surface area (Å²) in [6, 6.07) is 3.54. The molecule has 4 heterocycles. The molecular weight excluding hydrogens is 733 g/mol. The molecule has 2 aliphatic carbocycles. The third kappa shape index (κ3) is 15.0. The van der Waals surface area contributed by atoms with Crippen LogP contribution in [-0.2, 0) is 9.47 Å². The third-order valence-corrected chi connectivity index (χ3v) is 13.7. The van der Waals surface area contributed by atoms with Gasteiger partial charge in [-0.25, -0.2) is 9.59 Å². The highest BCUT2D eigenvalue weighted by atomic mass is 16.6. The molecule has 2 amide bonds. The van der Waals surface area contributed by atoms with Crippen LogP contribution in [0.15, 0.2) is 5.11 Å². The molecule has 6 aliphatic rings. The van der Waals surface area contributed by atoms with Gasteiger partial charge in [0, 0.05) is 73.9 Å². The van der Waals surface area contributed by atoms with Crippen molar-refractivity contribution in [3.8, 4) is 0 Å². The number of rotatable bonds is 9. The Kier molecular flexibility index (Phi) is 18.1. The predicted molar refractivity (Wildman–Crippen MR) is 232 cm³/mol. The Morgan fingerprint density at radius 1 is 0.603 bits per heavy atom. The fourth-order valence-corrected chi connectivity index (χ4v) is 10.4. The number of carbonyl (C=O) groups is 2. The minimum Gasteiger partial charge on any atom is -0.444 e. The van der Waals surface area contributed by atoms with E-state index in [1.807, 2.05) is 51.3 Å². The molecule has 4 atom stereocenters. The molecule has 6 fully saturated rings. The Morgan fingerprint density at radius 3 is 1.36 bits per heavy atom. The molecule has 0 spiro atoms. The van der Waals surface area contributed by atoms with Crippen LogP contribution in [0.25, 0.3) is 10.4 Å². The van der Waals surface area contributed by atoms with Crippen LogP contribution in [0.3, 0.4) is 0 Å². The Balaban J connectivity index is 0.000000221. The quantitative estimate of drug-likeness (QED) is 0.123. The number of hydrogen-bond acceptors (Lipinski definition) is 10. The maximum Gasteiger partial charge on any atom is 0.410 e. The molecule has 14 heteroatoms. The van der Waals surface area contributed by atoms with Crippen LogP contribution >= 0.6 is 0 Å². The van der Waals surface area contributed by atoms with E-state index >= 15 is 0 Å². The molecule has 0 aromatic rings. The van der Waals surface area contributed by atoms with Crippen molar-refractivity contribution in [2.45, 2.75) is 192 Å². The van der Waals surface area contributed by atoms with Gasteiger partial charge in [0.1, 0.15) is 11.2 Å². The van der Waals surface area contributed by atoms with Gasteiger partial charge in [-0.1, -0.05) is 30.8 Å².